The van der Waals surface area contributed by atoms with E-state index >= 15 is 0 Å². The van der Waals surface area contributed by atoms with Crippen LogP contribution in [0.2, 0.25) is 0 Å². The van der Waals surface area contributed by atoms with E-state index in [1.807, 2.05) is 0 Å². The molecule has 0 aromatic heterocycles. The molecule has 6 nitrogen and oxygen atoms in total. The summed E-state index contributed by atoms with van der Waals surface area (Å²) in [5, 5.41) is 3.07. The Kier molecular flexibility index (Phi) is 9.17. The van der Waals surface area contributed by atoms with E-state index in [0.29, 0.717) is 19.6 Å². The van der Waals surface area contributed by atoms with Crippen molar-refractivity contribution in [3.63, 3.8) is 0 Å². The monoisotopic (exact) mass is 327 g/mol. The van der Waals surface area contributed by atoms with Crippen LogP contribution in [0.4, 0.5) is 0 Å². The zero-order chi connectivity index (χ0) is 17.2. The third kappa shape index (κ3) is 8.32. The van der Waals surface area contributed by atoms with E-state index in [-0.39, 0.29) is 24.5 Å². The molecule has 0 aliphatic carbocycles. The Hall–Kier alpha value is -1.14. The molecule has 0 bridgehead atoms. The fourth-order valence-corrected chi connectivity index (χ4v) is 2.80. The van der Waals surface area contributed by atoms with E-state index in [0.717, 1.165) is 31.8 Å². The number of nitrogens with one attached hydrogen (secondary N) is 1. The fraction of sp³-hybridized carbons (Fsp3) is 0.882. The summed E-state index contributed by atoms with van der Waals surface area (Å²) in [5.74, 6) is 0.823. The fourth-order valence-electron chi connectivity index (χ4n) is 2.80. The van der Waals surface area contributed by atoms with Gasteiger partial charge in [0.05, 0.1) is 6.54 Å². The number of nitrogens with zero attached hydrogens (tertiary/aromatic N) is 2. The number of amides is 2. The van der Waals surface area contributed by atoms with Gasteiger partial charge in [-0.1, -0.05) is 26.7 Å². The summed E-state index contributed by atoms with van der Waals surface area (Å²) >= 11 is 0. The van der Waals surface area contributed by atoms with Crippen LogP contribution >= 0.6 is 0 Å². The zero-order valence-corrected chi connectivity index (χ0v) is 15.1. The Bertz CT molecular complexity index is 366. The minimum Gasteiger partial charge on any atom is -0.375 e. The predicted octanol–water partition coefficient (Wildman–Crippen LogP) is 1.11. The first-order valence-electron chi connectivity index (χ1n) is 8.70. The number of methoxy groups -OCH3 is 1. The summed E-state index contributed by atoms with van der Waals surface area (Å²) in [5.41, 5.74) is 0. The molecule has 134 valence electrons. The molecule has 1 heterocycles. The molecule has 1 aliphatic heterocycles. The highest BCUT2D eigenvalue weighted by molar-refractivity contribution is 5.79. The van der Waals surface area contributed by atoms with Crippen LogP contribution in [0.15, 0.2) is 0 Å². The van der Waals surface area contributed by atoms with Gasteiger partial charge in [0.2, 0.25) is 11.8 Å². The number of hydrogen-bond acceptors (Lipinski definition) is 4. The maximum atomic E-state index is 12.1. The number of hydrogen-bond donors (Lipinski definition) is 1. The van der Waals surface area contributed by atoms with Crippen LogP contribution in [-0.2, 0) is 14.3 Å². The molecule has 1 aliphatic rings. The first-order valence-corrected chi connectivity index (χ1v) is 8.70. The van der Waals surface area contributed by atoms with Crippen LogP contribution in [0.25, 0.3) is 0 Å². The molecule has 2 amide bonds. The normalized spacial score (nSPS) is 17.3. The van der Waals surface area contributed by atoms with E-state index in [9.17, 15) is 9.59 Å². The Labute approximate surface area is 140 Å². The molecule has 1 saturated heterocycles. The molecule has 6 heteroatoms. The van der Waals surface area contributed by atoms with E-state index in [1.165, 1.54) is 13.5 Å². The maximum absolute atomic E-state index is 12.1. The van der Waals surface area contributed by atoms with Crippen molar-refractivity contribution in [1.82, 2.24) is 15.1 Å². The van der Waals surface area contributed by atoms with Gasteiger partial charge in [0, 0.05) is 39.3 Å². The van der Waals surface area contributed by atoms with Gasteiger partial charge in [-0.2, -0.15) is 0 Å². The van der Waals surface area contributed by atoms with Crippen LogP contribution < -0.4 is 5.32 Å². The predicted molar refractivity (Wildman–Crippen MR) is 91.2 cm³/mol. The average Bonchev–Trinajstić information content (AvgIpc) is 2.47. The topological polar surface area (TPSA) is 61.9 Å². The summed E-state index contributed by atoms with van der Waals surface area (Å²) in [6, 6.07) is 0.228. The standard InChI is InChI=1S/C17H33N3O3/c1-14(2)6-5-7-15(3)18-16(21)12-19-8-10-20(11-9-19)17(22)13-23-4/h14-15H,5-13H2,1-4H3,(H,18,21). The number of piperazine rings is 1. The van der Waals surface area contributed by atoms with Crippen molar-refractivity contribution in [2.45, 2.75) is 46.1 Å². The minimum absolute atomic E-state index is 0.0235. The van der Waals surface area contributed by atoms with Crippen molar-refractivity contribution in [3.05, 3.63) is 0 Å². The second kappa shape index (κ2) is 10.6. The summed E-state index contributed by atoms with van der Waals surface area (Å²) in [4.78, 5) is 27.7. The molecule has 1 fully saturated rings. The lowest BCUT2D eigenvalue weighted by molar-refractivity contribution is -0.137. The Balaban J connectivity index is 2.19. The zero-order valence-electron chi connectivity index (χ0n) is 15.1. The molecule has 0 saturated carbocycles. The smallest absolute Gasteiger partial charge is 0.248 e. The quantitative estimate of drug-likeness (QED) is 0.689. The number of carbonyl (C=O) groups excluding carboxylic acids is 2. The van der Waals surface area contributed by atoms with Crippen molar-refractivity contribution in [3.8, 4) is 0 Å². The third-order valence-corrected chi connectivity index (χ3v) is 4.19. The number of rotatable bonds is 9. The van der Waals surface area contributed by atoms with E-state index < -0.39 is 0 Å². The molecule has 23 heavy (non-hydrogen) atoms. The average molecular weight is 327 g/mol. The van der Waals surface area contributed by atoms with Gasteiger partial charge >= 0.3 is 0 Å². The van der Waals surface area contributed by atoms with Gasteiger partial charge < -0.3 is 15.0 Å². The second-order valence-electron chi connectivity index (χ2n) is 6.88. The van der Waals surface area contributed by atoms with Crippen molar-refractivity contribution in [2.24, 2.45) is 5.92 Å². The van der Waals surface area contributed by atoms with Gasteiger partial charge in [-0.05, 0) is 19.3 Å². The van der Waals surface area contributed by atoms with Crippen molar-refractivity contribution in [2.75, 3.05) is 46.4 Å². The lowest BCUT2D eigenvalue weighted by atomic mass is 10.0. The molecular formula is C17H33N3O3. The first-order chi connectivity index (χ1) is 10.9. The molecule has 1 rings (SSSR count). The molecular weight excluding hydrogens is 294 g/mol. The van der Waals surface area contributed by atoms with Gasteiger partial charge in [-0.3, -0.25) is 14.5 Å². The lowest BCUT2D eigenvalue weighted by Crippen LogP contribution is -2.52. The van der Waals surface area contributed by atoms with Gasteiger partial charge in [-0.15, -0.1) is 0 Å². The van der Waals surface area contributed by atoms with Gasteiger partial charge in [0.15, 0.2) is 0 Å². The van der Waals surface area contributed by atoms with Gasteiger partial charge in [0.1, 0.15) is 6.61 Å². The van der Waals surface area contributed by atoms with E-state index in [2.05, 4.69) is 31.0 Å². The molecule has 0 aromatic rings. The van der Waals surface area contributed by atoms with E-state index in [1.54, 1.807) is 4.90 Å². The number of carbonyl (C=O) groups is 2. The lowest BCUT2D eigenvalue weighted by Gasteiger charge is -2.34. The Morgan fingerprint density at radius 2 is 1.74 bits per heavy atom. The highest BCUT2D eigenvalue weighted by Gasteiger charge is 2.22. The van der Waals surface area contributed by atoms with Crippen molar-refractivity contribution >= 4 is 11.8 Å². The molecule has 1 unspecified atom stereocenters. The van der Waals surface area contributed by atoms with Gasteiger partial charge in [-0.25, -0.2) is 0 Å². The maximum Gasteiger partial charge on any atom is 0.248 e. The Morgan fingerprint density at radius 1 is 1.09 bits per heavy atom. The summed E-state index contributed by atoms with van der Waals surface area (Å²) in [7, 11) is 1.53. The van der Waals surface area contributed by atoms with Crippen LogP contribution in [-0.4, -0.2) is 74.1 Å². The van der Waals surface area contributed by atoms with Crippen molar-refractivity contribution < 1.29 is 14.3 Å². The SMILES string of the molecule is COCC(=O)N1CCN(CC(=O)NC(C)CCCC(C)C)CC1. The minimum atomic E-state index is 0.0235. The largest absolute Gasteiger partial charge is 0.375 e. The highest BCUT2D eigenvalue weighted by atomic mass is 16.5. The molecule has 1 atom stereocenters. The molecule has 1 N–H and O–H groups in total. The van der Waals surface area contributed by atoms with E-state index in [4.69, 9.17) is 4.74 Å². The third-order valence-electron chi connectivity index (χ3n) is 4.19. The molecule has 0 radical (unpaired) electrons. The molecule has 0 spiro atoms. The highest BCUT2D eigenvalue weighted by Crippen LogP contribution is 2.08. The summed E-state index contributed by atoms with van der Waals surface area (Å²) in [6.45, 7) is 9.88. The second-order valence-corrected chi connectivity index (χ2v) is 6.88. The molecule has 0 aromatic carbocycles. The van der Waals surface area contributed by atoms with Gasteiger partial charge in [0.25, 0.3) is 0 Å². The summed E-state index contributed by atoms with van der Waals surface area (Å²) in [6.07, 6.45) is 3.39. The first kappa shape index (κ1) is 19.9. The summed E-state index contributed by atoms with van der Waals surface area (Å²) < 4.78 is 4.87. The number of ether oxygens (including phenoxy) is 1. The van der Waals surface area contributed by atoms with Crippen LogP contribution in [0.3, 0.4) is 0 Å². The Morgan fingerprint density at radius 3 is 2.30 bits per heavy atom. The van der Waals surface area contributed by atoms with Crippen LogP contribution in [0, 0.1) is 5.92 Å². The van der Waals surface area contributed by atoms with Crippen LogP contribution in [0.5, 0.6) is 0 Å². The van der Waals surface area contributed by atoms with Crippen LogP contribution in [0.1, 0.15) is 40.0 Å². The van der Waals surface area contributed by atoms with Crippen molar-refractivity contribution in [1.29, 1.82) is 0 Å².